The van der Waals surface area contributed by atoms with Crippen LogP contribution < -0.4 is 5.32 Å². The second-order valence-corrected chi connectivity index (χ2v) is 7.84. The average Bonchev–Trinajstić information content (AvgIpc) is 3.44. The highest BCUT2D eigenvalue weighted by Crippen LogP contribution is 2.29. The Morgan fingerprint density at radius 1 is 1.26 bits per heavy atom. The van der Waals surface area contributed by atoms with Crippen LogP contribution in [0.5, 0.6) is 0 Å². The van der Waals surface area contributed by atoms with Gasteiger partial charge in [-0.05, 0) is 25.7 Å². The highest BCUT2D eigenvalue weighted by Gasteiger charge is 2.33. The van der Waals surface area contributed by atoms with Gasteiger partial charge in [-0.3, -0.25) is 9.69 Å². The first kappa shape index (κ1) is 18.9. The van der Waals surface area contributed by atoms with Crippen molar-refractivity contribution in [2.45, 2.75) is 57.0 Å². The van der Waals surface area contributed by atoms with Crippen molar-refractivity contribution in [2.75, 3.05) is 32.8 Å². The number of nitrogens with one attached hydrogen (secondary N) is 1. The SMILES string of the molecule is O=C(NCC1OC(Cc2cc(CN3CCOCC3)on2)CCC1O)C1CC1. The van der Waals surface area contributed by atoms with E-state index in [-0.39, 0.29) is 24.0 Å². The van der Waals surface area contributed by atoms with E-state index in [2.05, 4.69) is 15.4 Å². The molecule has 0 radical (unpaired) electrons. The van der Waals surface area contributed by atoms with Crippen LogP contribution in [0.2, 0.25) is 0 Å². The molecule has 27 heavy (non-hydrogen) atoms. The summed E-state index contributed by atoms with van der Waals surface area (Å²) in [4.78, 5) is 14.1. The Morgan fingerprint density at radius 2 is 2.07 bits per heavy atom. The van der Waals surface area contributed by atoms with Crippen LogP contribution in [0.1, 0.15) is 37.1 Å². The average molecular weight is 379 g/mol. The second kappa shape index (κ2) is 8.68. The van der Waals surface area contributed by atoms with Gasteiger partial charge in [0.05, 0.1) is 37.7 Å². The number of aliphatic hydroxyl groups is 1. The Hall–Kier alpha value is -1.48. The molecule has 0 aromatic carbocycles. The molecule has 3 heterocycles. The molecule has 2 aliphatic heterocycles. The van der Waals surface area contributed by atoms with Gasteiger partial charge in [0.25, 0.3) is 0 Å². The summed E-state index contributed by atoms with van der Waals surface area (Å²) < 4.78 is 16.9. The molecule has 3 unspecified atom stereocenters. The van der Waals surface area contributed by atoms with Crippen LogP contribution in [-0.4, -0.2) is 72.2 Å². The van der Waals surface area contributed by atoms with Gasteiger partial charge in [-0.2, -0.15) is 0 Å². The topological polar surface area (TPSA) is 97.1 Å². The van der Waals surface area contributed by atoms with Crippen LogP contribution in [0.3, 0.4) is 0 Å². The molecule has 1 aromatic rings. The normalized spacial score (nSPS) is 29.6. The van der Waals surface area contributed by atoms with Crippen molar-refractivity contribution in [2.24, 2.45) is 5.92 Å². The van der Waals surface area contributed by atoms with E-state index >= 15 is 0 Å². The van der Waals surface area contributed by atoms with E-state index in [1.807, 2.05) is 6.07 Å². The van der Waals surface area contributed by atoms with Crippen molar-refractivity contribution in [1.82, 2.24) is 15.4 Å². The molecule has 1 aromatic heterocycles. The van der Waals surface area contributed by atoms with Gasteiger partial charge in [-0.25, -0.2) is 0 Å². The molecule has 2 saturated heterocycles. The number of aliphatic hydroxyl groups excluding tert-OH is 1. The van der Waals surface area contributed by atoms with Gasteiger partial charge in [0.1, 0.15) is 6.10 Å². The van der Waals surface area contributed by atoms with E-state index in [4.69, 9.17) is 14.0 Å². The lowest BCUT2D eigenvalue weighted by Crippen LogP contribution is -2.46. The minimum absolute atomic E-state index is 0.0161. The van der Waals surface area contributed by atoms with Crippen molar-refractivity contribution < 1.29 is 23.9 Å². The zero-order valence-electron chi connectivity index (χ0n) is 15.6. The van der Waals surface area contributed by atoms with Gasteiger partial charge in [0, 0.05) is 38.0 Å². The summed E-state index contributed by atoms with van der Waals surface area (Å²) in [5.41, 5.74) is 0.875. The van der Waals surface area contributed by atoms with Gasteiger partial charge in [-0.1, -0.05) is 5.16 Å². The fraction of sp³-hybridized carbons (Fsp3) is 0.789. The molecular weight excluding hydrogens is 350 g/mol. The number of morpholine rings is 1. The third-order valence-corrected chi connectivity index (χ3v) is 5.53. The number of ether oxygens (including phenoxy) is 2. The van der Waals surface area contributed by atoms with E-state index < -0.39 is 6.10 Å². The fourth-order valence-electron chi connectivity index (χ4n) is 3.71. The zero-order chi connectivity index (χ0) is 18.6. The van der Waals surface area contributed by atoms with Crippen molar-refractivity contribution >= 4 is 5.91 Å². The molecule has 8 nitrogen and oxygen atoms in total. The Labute approximate surface area is 159 Å². The summed E-state index contributed by atoms with van der Waals surface area (Å²) in [5.74, 6) is 1.11. The summed E-state index contributed by atoms with van der Waals surface area (Å²) in [6.45, 7) is 4.46. The third kappa shape index (κ3) is 5.28. The molecule has 1 saturated carbocycles. The van der Waals surface area contributed by atoms with Crippen LogP contribution in [0, 0.1) is 5.92 Å². The smallest absolute Gasteiger partial charge is 0.223 e. The van der Waals surface area contributed by atoms with Gasteiger partial charge >= 0.3 is 0 Å². The van der Waals surface area contributed by atoms with Crippen molar-refractivity contribution in [3.63, 3.8) is 0 Å². The lowest BCUT2D eigenvalue weighted by atomic mass is 9.98. The summed E-state index contributed by atoms with van der Waals surface area (Å²) in [6, 6.07) is 1.99. The molecule has 3 aliphatic rings. The minimum Gasteiger partial charge on any atom is -0.390 e. The Balaban J connectivity index is 1.25. The highest BCUT2D eigenvalue weighted by atomic mass is 16.5. The molecule has 1 aliphatic carbocycles. The molecule has 8 heteroatoms. The predicted molar refractivity (Wildman–Crippen MR) is 95.9 cm³/mol. The summed E-state index contributed by atoms with van der Waals surface area (Å²) in [6.07, 6.45) is 3.15. The Bertz CT molecular complexity index is 627. The largest absolute Gasteiger partial charge is 0.390 e. The molecule has 0 spiro atoms. The summed E-state index contributed by atoms with van der Waals surface area (Å²) >= 11 is 0. The maximum atomic E-state index is 11.8. The summed E-state index contributed by atoms with van der Waals surface area (Å²) in [7, 11) is 0. The number of rotatable bonds is 7. The quantitative estimate of drug-likeness (QED) is 0.711. The molecule has 150 valence electrons. The highest BCUT2D eigenvalue weighted by molar-refractivity contribution is 5.80. The first-order valence-corrected chi connectivity index (χ1v) is 10.0. The Kier molecular flexibility index (Phi) is 6.07. The molecular formula is C19H29N3O5. The van der Waals surface area contributed by atoms with Crippen LogP contribution in [0.15, 0.2) is 10.6 Å². The first-order valence-electron chi connectivity index (χ1n) is 10.0. The van der Waals surface area contributed by atoms with E-state index in [9.17, 15) is 9.90 Å². The molecule has 0 bridgehead atoms. The van der Waals surface area contributed by atoms with Crippen LogP contribution in [0.25, 0.3) is 0 Å². The fourth-order valence-corrected chi connectivity index (χ4v) is 3.71. The number of carbonyl (C=O) groups is 1. The number of hydrogen-bond acceptors (Lipinski definition) is 7. The molecule has 4 rings (SSSR count). The maximum absolute atomic E-state index is 11.8. The van der Waals surface area contributed by atoms with Gasteiger partial charge < -0.3 is 24.4 Å². The van der Waals surface area contributed by atoms with Crippen LogP contribution >= 0.6 is 0 Å². The predicted octanol–water partition coefficient (Wildman–Crippen LogP) is 0.484. The van der Waals surface area contributed by atoms with Crippen molar-refractivity contribution in [3.8, 4) is 0 Å². The number of hydrogen-bond donors (Lipinski definition) is 2. The van der Waals surface area contributed by atoms with E-state index in [1.54, 1.807) is 0 Å². The number of aromatic nitrogens is 1. The number of nitrogens with zero attached hydrogens (tertiary/aromatic N) is 2. The number of amides is 1. The minimum atomic E-state index is -0.532. The maximum Gasteiger partial charge on any atom is 0.223 e. The van der Waals surface area contributed by atoms with Crippen LogP contribution in [-0.2, 0) is 27.2 Å². The number of carbonyl (C=O) groups excluding carboxylic acids is 1. The third-order valence-electron chi connectivity index (χ3n) is 5.53. The van der Waals surface area contributed by atoms with Crippen molar-refractivity contribution in [1.29, 1.82) is 0 Å². The second-order valence-electron chi connectivity index (χ2n) is 7.84. The zero-order valence-corrected chi connectivity index (χ0v) is 15.6. The standard InChI is InChI=1S/C19H29N3O5/c23-17-4-3-15(26-18(17)11-20-19(24)13-1-2-13)9-14-10-16(27-21-14)12-22-5-7-25-8-6-22/h10,13,15,17-18,23H,1-9,11-12H2,(H,20,24). The van der Waals surface area contributed by atoms with Gasteiger partial charge in [-0.15, -0.1) is 0 Å². The van der Waals surface area contributed by atoms with Gasteiger partial charge in [0.15, 0.2) is 5.76 Å². The lowest BCUT2D eigenvalue weighted by molar-refractivity contribution is -0.130. The van der Waals surface area contributed by atoms with E-state index in [0.29, 0.717) is 19.4 Å². The molecule has 1 amide bonds. The molecule has 2 N–H and O–H groups in total. The van der Waals surface area contributed by atoms with E-state index in [0.717, 1.165) is 63.6 Å². The lowest BCUT2D eigenvalue weighted by Gasteiger charge is -2.33. The van der Waals surface area contributed by atoms with Gasteiger partial charge in [0.2, 0.25) is 5.91 Å². The van der Waals surface area contributed by atoms with Crippen molar-refractivity contribution in [3.05, 3.63) is 17.5 Å². The first-order chi connectivity index (χ1) is 13.2. The molecule has 3 fully saturated rings. The monoisotopic (exact) mass is 379 g/mol. The van der Waals surface area contributed by atoms with Crippen LogP contribution in [0.4, 0.5) is 0 Å². The molecule has 3 atom stereocenters. The van der Waals surface area contributed by atoms with E-state index in [1.165, 1.54) is 0 Å². The summed E-state index contributed by atoms with van der Waals surface area (Å²) in [5, 5.41) is 17.3. The Morgan fingerprint density at radius 3 is 2.85 bits per heavy atom.